The van der Waals surface area contributed by atoms with Gasteiger partial charge in [0.2, 0.25) is 0 Å². The average Bonchev–Trinajstić information content (AvgIpc) is 3.26. The van der Waals surface area contributed by atoms with Crippen molar-refractivity contribution in [1.29, 1.82) is 0 Å². The number of halogens is 4. The Bertz CT molecular complexity index is 707. The number of aromatic nitrogens is 2. The molecule has 5 nitrogen and oxygen atoms in total. The second-order valence-corrected chi connectivity index (χ2v) is 5.36. The Balaban J connectivity index is 0.000000547. The van der Waals surface area contributed by atoms with Gasteiger partial charge in [-0.1, -0.05) is 26.0 Å². The molecule has 0 bridgehead atoms. The van der Waals surface area contributed by atoms with E-state index in [1.807, 2.05) is 13.8 Å². The van der Waals surface area contributed by atoms with Gasteiger partial charge in [-0.25, -0.2) is 9.18 Å². The zero-order valence-electron chi connectivity index (χ0n) is 16.6. The molecule has 1 aliphatic heterocycles. The van der Waals surface area contributed by atoms with Crippen LogP contribution in [0.4, 0.5) is 17.6 Å². The van der Waals surface area contributed by atoms with E-state index < -0.39 is 23.2 Å². The first-order valence-electron chi connectivity index (χ1n) is 9.03. The van der Waals surface area contributed by atoms with E-state index in [9.17, 15) is 22.4 Å². The number of ether oxygens (including phenoxy) is 1. The van der Waals surface area contributed by atoms with Crippen molar-refractivity contribution >= 4 is 0 Å². The van der Waals surface area contributed by atoms with Crippen molar-refractivity contribution in [2.24, 2.45) is 0 Å². The SMILES string of the molecule is C=C.CC.FC(F)(F)c1ccc(COC2CCNC2)cc1.O=c1ncc(F)c[nH]1. The first kappa shape index (κ1) is 26.5. The van der Waals surface area contributed by atoms with Crippen LogP contribution in [0.1, 0.15) is 31.4 Å². The van der Waals surface area contributed by atoms with Crippen LogP contribution in [0.3, 0.4) is 0 Å². The molecule has 0 amide bonds. The molecule has 0 aliphatic carbocycles. The third-order valence-corrected chi connectivity index (χ3v) is 3.42. The van der Waals surface area contributed by atoms with Crippen molar-refractivity contribution in [2.45, 2.75) is 39.2 Å². The number of aromatic amines is 1. The zero-order chi connectivity index (χ0) is 22.3. The van der Waals surface area contributed by atoms with Crippen molar-refractivity contribution < 1.29 is 22.3 Å². The summed E-state index contributed by atoms with van der Waals surface area (Å²) in [6.07, 6.45) is -1.32. The second-order valence-electron chi connectivity index (χ2n) is 5.36. The number of nitrogens with one attached hydrogen (secondary N) is 2. The topological polar surface area (TPSA) is 67.0 Å². The molecule has 3 rings (SSSR count). The lowest BCUT2D eigenvalue weighted by Gasteiger charge is -2.11. The van der Waals surface area contributed by atoms with E-state index in [0.717, 1.165) is 49.6 Å². The highest BCUT2D eigenvalue weighted by Crippen LogP contribution is 2.29. The molecule has 1 aliphatic rings. The molecule has 1 aromatic carbocycles. The summed E-state index contributed by atoms with van der Waals surface area (Å²) in [7, 11) is 0. The minimum atomic E-state index is -4.27. The molecule has 1 fully saturated rings. The van der Waals surface area contributed by atoms with Crippen LogP contribution < -0.4 is 11.0 Å². The van der Waals surface area contributed by atoms with E-state index in [1.165, 1.54) is 12.1 Å². The Morgan fingerprint density at radius 3 is 2.24 bits per heavy atom. The highest BCUT2D eigenvalue weighted by Gasteiger charge is 2.29. The molecule has 29 heavy (non-hydrogen) atoms. The Morgan fingerprint density at radius 2 is 1.83 bits per heavy atom. The number of hydrogen-bond acceptors (Lipinski definition) is 4. The predicted octanol–water partition coefficient (Wildman–Crippen LogP) is 4.32. The van der Waals surface area contributed by atoms with Crippen molar-refractivity contribution in [2.75, 3.05) is 13.1 Å². The van der Waals surface area contributed by atoms with Crippen molar-refractivity contribution in [3.05, 3.63) is 77.2 Å². The van der Waals surface area contributed by atoms with Crippen LogP contribution in [0, 0.1) is 5.82 Å². The third kappa shape index (κ3) is 11.2. The lowest BCUT2D eigenvalue weighted by Crippen LogP contribution is -2.16. The Labute approximate surface area is 167 Å². The first-order chi connectivity index (χ1) is 13.8. The van der Waals surface area contributed by atoms with E-state index in [-0.39, 0.29) is 6.10 Å². The average molecular weight is 417 g/mol. The fourth-order valence-electron chi connectivity index (χ4n) is 2.10. The fourth-order valence-corrected chi connectivity index (χ4v) is 2.10. The number of nitrogens with zero attached hydrogens (tertiary/aromatic N) is 1. The summed E-state index contributed by atoms with van der Waals surface area (Å²) in [5.74, 6) is -0.537. The number of hydrogen-bond donors (Lipinski definition) is 2. The van der Waals surface area contributed by atoms with Gasteiger partial charge in [0.25, 0.3) is 0 Å². The van der Waals surface area contributed by atoms with Gasteiger partial charge in [-0.15, -0.1) is 13.2 Å². The molecule has 1 saturated heterocycles. The summed E-state index contributed by atoms with van der Waals surface area (Å²) >= 11 is 0. The standard InChI is InChI=1S/C12H14F3NO.C4H3FN2O.C2H6.C2H4/c13-12(14,15)10-3-1-9(2-4-10)8-17-11-5-6-16-7-11;5-3-1-6-4(8)7-2-3;2*1-2/h1-4,11,16H,5-8H2;1-2H,(H,6,7,8);1-2H3;1-2H2. The molecule has 2 heterocycles. The summed E-state index contributed by atoms with van der Waals surface area (Å²) in [4.78, 5) is 15.2. The molecule has 0 spiro atoms. The summed E-state index contributed by atoms with van der Waals surface area (Å²) in [5.41, 5.74) is -0.389. The molecule has 0 radical (unpaired) electrons. The second kappa shape index (κ2) is 14.5. The molecule has 1 unspecified atom stereocenters. The van der Waals surface area contributed by atoms with Gasteiger partial charge in [-0.05, 0) is 30.7 Å². The quantitative estimate of drug-likeness (QED) is 0.577. The molecule has 1 aromatic heterocycles. The summed E-state index contributed by atoms with van der Waals surface area (Å²) < 4.78 is 54.4. The highest BCUT2D eigenvalue weighted by atomic mass is 19.4. The molecule has 0 saturated carbocycles. The van der Waals surface area contributed by atoms with Crippen LogP contribution in [0.25, 0.3) is 0 Å². The first-order valence-corrected chi connectivity index (χ1v) is 9.03. The van der Waals surface area contributed by atoms with Crippen LogP contribution in [0.5, 0.6) is 0 Å². The van der Waals surface area contributed by atoms with Gasteiger partial charge in [0, 0.05) is 12.7 Å². The maximum Gasteiger partial charge on any atom is 0.416 e. The minimum absolute atomic E-state index is 0.178. The van der Waals surface area contributed by atoms with Crippen LogP contribution in [-0.4, -0.2) is 29.2 Å². The van der Waals surface area contributed by atoms with Gasteiger partial charge in [0.05, 0.1) is 24.5 Å². The highest BCUT2D eigenvalue weighted by molar-refractivity contribution is 5.24. The van der Waals surface area contributed by atoms with E-state index in [1.54, 1.807) is 0 Å². The number of benzene rings is 1. The van der Waals surface area contributed by atoms with E-state index in [4.69, 9.17) is 4.74 Å². The normalized spacial score (nSPS) is 15.0. The largest absolute Gasteiger partial charge is 0.416 e. The van der Waals surface area contributed by atoms with Gasteiger partial charge in [-0.3, -0.25) is 0 Å². The fraction of sp³-hybridized carbons (Fsp3) is 0.400. The summed E-state index contributed by atoms with van der Waals surface area (Å²) in [5, 5.41) is 3.16. The van der Waals surface area contributed by atoms with E-state index in [0.29, 0.717) is 6.61 Å². The molecule has 9 heteroatoms. The van der Waals surface area contributed by atoms with Crippen LogP contribution in [0.15, 0.2) is 54.6 Å². The van der Waals surface area contributed by atoms with E-state index in [2.05, 4.69) is 28.4 Å². The van der Waals surface area contributed by atoms with Gasteiger partial charge < -0.3 is 15.0 Å². The minimum Gasteiger partial charge on any atom is -0.372 e. The molecule has 162 valence electrons. The lowest BCUT2D eigenvalue weighted by molar-refractivity contribution is -0.137. The molecule has 2 N–H and O–H groups in total. The number of rotatable bonds is 3. The summed E-state index contributed by atoms with van der Waals surface area (Å²) in [6.45, 7) is 12.1. The van der Waals surface area contributed by atoms with Crippen LogP contribution in [0.2, 0.25) is 0 Å². The van der Waals surface area contributed by atoms with Gasteiger partial charge in [-0.2, -0.15) is 18.2 Å². The third-order valence-electron chi connectivity index (χ3n) is 3.42. The van der Waals surface area contributed by atoms with Gasteiger partial charge >= 0.3 is 11.9 Å². The molecule has 1 atom stereocenters. The van der Waals surface area contributed by atoms with Crippen molar-refractivity contribution in [3.8, 4) is 0 Å². The van der Waals surface area contributed by atoms with Crippen molar-refractivity contribution in [1.82, 2.24) is 15.3 Å². The Hall–Kier alpha value is -2.52. The van der Waals surface area contributed by atoms with Gasteiger partial charge in [0.15, 0.2) is 5.82 Å². The Kier molecular flexibility index (Phi) is 13.2. The smallest absolute Gasteiger partial charge is 0.372 e. The molecular formula is C20H27F4N3O2. The van der Waals surface area contributed by atoms with Crippen LogP contribution in [-0.2, 0) is 17.5 Å². The predicted molar refractivity (Wildman–Crippen MR) is 105 cm³/mol. The number of alkyl halides is 3. The maximum atomic E-state index is 12.3. The monoisotopic (exact) mass is 417 g/mol. The van der Waals surface area contributed by atoms with Gasteiger partial charge in [0.1, 0.15) is 0 Å². The maximum absolute atomic E-state index is 12.3. The number of H-pyrrole nitrogens is 1. The Morgan fingerprint density at radius 1 is 1.21 bits per heavy atom. The van der Waals surface area contributed by atoms with Crippen LogP contribution >= 0.6 is 0 Å². The summed E-state index contributed by atoms with van der Waals surface area (Å²) in [6, 6.07) is 5.10. The van der Waals surface area contributed by atoms with Crippen molar-refractivity contribution in [3.63, 3.8) is 0 Å². The lowest BCUT2D eigenvalue weighted by atomic mass is 10.1. The molecular weight excluding hydrogens is 390 g/mol. The van der Waals surface area contributed by atoms with E-state index >= 15 is 0 Å². The zero-order valence-corrected chi connectivity index (χ0v) is 16.6. The molecule has 2 aromatic rings.